The van der Waals surface area contributed by atoms with E-state index >= 15 is 0 Å². The Hall–Kier alpha value is -3.99. The number of nitrogens with zero attached hydrogens (tertiary/aromatic N) is 3. The second-order valence-electron chi connectivity index (χ2n) is 12.4. The molecule has 46 heavy (non-hydrogen) atoms. The number of aromatic nitrogens is 2. The molecule has 0 saturated heterocycles. The lowest BCUT2D eigenvalue weighted by Gasteiger charge is -2.25. The zero-order chi connectivity index (χ0) is 33.4. The summed E-state index contributed by atoms with van der Waals surface area (Å²) in [6.45, 7) is 6.17. The number of rotatable bonds is 13. The molecule has 246 valence electrons. The topological polar surface area (TPSA) is 128 Å². The maximum Gasteiger partial charge on any atom is 0.321 e. The van der Waals surface area contributed by atoms with Crippen molar-refractivity contribution in [2.75, 3.05) is 19.4 Å². The third-order valence-corrected chi connectivity index (χ3v) is 8.21. The fraction of sp³-hybridized carbons (Fsp3) is 0.444. The molecule has 0 aliphatic heterocycles. The Morgan fingerprint density at radius 3 is 2.48 bits per heavy atom. The number of aldehydes is 1. The van der Waals surface area contributed by atoms with Gasteiger partial charge < -0.3 is 20.3 Å². The summed E-state index contributed by atoms with van der Waals surface area (Å²) in [5.41, 5.74) is 6.87. The molecule has 1 aliphatic carbocycles. The number of hydrogen-bond acceptors (Lipinski definition) is 7. The maximum absolute atomic E-state index is 14.1. The minimum Gasteiger partial charge on any atom is -0.393 e. The number of benzene rings is 1. The van der Waals surface area contributed by atoms with Gasteiger partial charge in [-0.2, -0.15) is 0 Å². The van der Waals surface area contributed by atoms with E-state index in [1.807, 2.05) is 45.0 Å². The number of hydrogen-bond donors (Lipinski definition) is 4. The average Bonchev–Trinajstić information content (AvgIpc) is 3.18. The van der Waals surface area contributed by atoms with E-state index < -0.39 is 12.2 Å². The molecule has 0 bridgehead atoms. The summed E-state index contributed by atoms with van der Waals surface area (Å²) in [7, 11) is 3.86. The Kier molecular flexibility index (Phi) is 12.1. The number of nitrogens with one attached hydrogen (secondary N) is 2. The largest absolute Gasteiger partial charge is 0.393 e. The Morgan fingerprint density at radius 1 is 1.09 bits per heavy atom. The van der Waals surface area contributed by atoms with Crippen LogP contribution in [-0.4, -0.2) is 69.9 Å². The Labute approximate surface area is 271 Å². The SMILES string of the molecule is CCCC(NC(=O)Nc1ccc2c(n1)CCCc1c-2nc(C(C)C)c(/C=C/[C@@H](O)C[C@@H](O)CC=O)c1-c1ccc(F)cc1)N(C)C. The molecule has 10 heteroatoms. The second-order valence-corrected chi connectivity index (χ2v) is 12.4. The van der Waals surface area contributed by atoms with Crippen molar-refractivity contribution in [1.82, 2.24) is 20.2 Å². The quantitative estimate of drug-likeness (QED) is 0.133. The monoisotopic (exact) mass is 631 g/mol. The van der Waals surface area contributed by atoms with Crippen LogP contribution in [0.25, 0.3) is 28.5 Å². The molecule has 1 aromatic carbocycles. The molecule has 3 atom stereocenters. The summed E-state index contributed by atoms with van der Waals surface area (Å²) in [4.78, 5) is 35.7. The van der Waals surface area contributed by atoms with Gasteiger partial charge in [-0.15, -0.1) is 0 Å². The predicted molar refractivity (Wildman–Crippen MR) is 180 cm³/mol. The van der Waals surface area contributed by atoms with Crippen molar-refractivity contribution in [3.8, 4) is 22.4 Å². The molecule has 1 aliphatic rings. The third-order valence-electron chi connectivity index (χ3n) is 8.21. The molecule has 2 aromatic heterocycles. The van der Waals surface area contributed by atoms with Gasteiger partial charge in [-0.25, -0.2) is 14.2 Å². The van der Waals surface area contributed by atoms with Crippen LogP contribution in [0.4, 0.5) is 15.0 Å². The lowest BCUT2D eigenvalue weighted by molar-refractivity contribution is -0.109. The van der Waals surface area contributed by atoms with E-state index in [9.17, 15) is 24.2 Å². The molecule has 0 spiro atoms. The Morgan fingerprint density at radius 2 is 1.83 bits per heavy atom. The average molecular weight is 632 g/mol. The van der Waals surface area contributed by atoms with Gasteiger partial charge in [0.15, 0.2) is 0 Å². The van der Waals surface area contributed by atoms with Crippen LogP contribution in [0.1, 0.15) is 81.3 Å². The van der Waals surface area contributed by atoms with Crippen LogP contribution in [0, 0.1) is 5.82 Å². The minimum absolute atomic E-state index is 0.000920. The first-order valence-electron chi connectivity index (χ1n) is 16.1. The Bertz CT molecular complexity index is 1540. The number of amides is 2. The highest BCUT2D eigenvalue weighted by atomic mass is 19.1. The molecule has 0 saturated carbocycles. The summed E-state index contributed by atoms with van der Waals surface area (Å²) in [6, 6.07) is 9.82. The number of urea groups is 1. The van der Waals surface area contributed by atoms with Crippen molar-refractivity contribution in [3.63, 3.8) is 0 Å². The molecule has 1 unspecified atom stereocenters. The van der Waals surface area contributed by atoms with Gasteiger partial charge in [0.1, 0.15) is 17.9 Å². The van der Waals surface area contributed by atoms with Gasteiger partial charge in [0.25, 0.3) is 0 Å². The van der Waals surface area contributed by atoms with Crippen molar-refractivity contribution in [3.05, 3.63) is 70.8 Å². The molecular formula is C36H46FN5O4. The number of pyridine rings is 2. The zero-order valence-electron chi connectivity index (χ0n) is 27.4. The number of carbonyl (C=O) groups is 2. The molecule has 4 rings (SSSR count). The number of aliphatic hydroxyl groups excluding tert-OH is 2. The van der Waals surface area contributed by atoms with Crippen molar-refractivity contribution in [2.45, 2.75) is 90.0 Å². The highest BCUT2D eigenvalue weighted by Crippen LogP contribution is 2.42. The van der Waals surface area contributed by atoms with Crippen LogP contribution >= 0.6 is 0 Å². The third kappa shape index (κ3) is 8.63. The highest BCUT2D eigenvalue weighted by Gasteiger charge is 2.26. The smallest absolute Gasteiger partial charge is 0.321 e. The van der Waals surface area contributed by atoms with Crippen LogP contribution in [-0.2, 0) is 17.6 Å². The first-order chi connectivity index (χ1) is 22.0. The summed E-state index contributed by atoms with van der Waals surface area (Å²) in [5, 5.41) is 26.6. The van der Waals surface area contributed by atoms with Gasteiger partial charge in [0.05, 0.1) is 35.5 Å². The van der Waals surface area contributed by atoms with E-state index in [0.717, 1.165) is 64.2 Å². The minimum atomic E-state index is -0.974. The van der Waals surface area contributed by atoms with Gasteiger partial charge in [-0.05, 0) is 86.7 Å². The summed E-state index contributed by atoms with van der Waals surface area (Å²) < 4.78 is 14.1. The normalized spacial score (nSPS) is 14.8. The molecule has 4 N–H and O–H groups in total. The van der Waals surface area contributed by atoms with Gasteiger partial charge in [0, 0.05) is 24.0 Å². The highest BCUT2D eigenvalue weighted by molar-refractivity contribution is 5.89. The molecule has 0 radical (unpaired) electrons. The number of anilines is 1. The van der Waals surface area contributed by atoms with E-state index in [1.54, 1.807) is 24.3 Å². The van der Waals surface area contributed by atoms with Crippen molar-refractivity contribution < 1.29 is 24.2 Å². The zero-order valence-corrected chi connectivity index (χ0v) is 27.4. The van der Waals surface area contributed by atoms with Crippen LogP contribution in [0.5, 0.6) is 0 Å². The number of halogens is 1. The maximum atomic E-state index is 14.1. The standard InChI is InChI=1S/C36H46FN5O4/c1-6-8-32(42(4)5)40-36(46)39-31-18-17-27-30(38-31)10-7-9-28-33(23-11-13-24(37)14-12-23)29(34(22(2)3)41-35(27)28)16-15-25(44)21-26(45)19-20-43/h11-18,20,22,25-26,32,44-45H,6-10,19,21H2,1-5H3,(H2,38,39,40,46)/b16-15+/t25-,26+,32?/m1/s1. The lowest BCUT2D eigenvalue weighted by atomic mass is 9.86. The fourth-order valence-electron chi connectivity index (χ4n) is 5.90. The molecule has 3 aromatic rings. The number of aryl methyl sites for hydroxylation is 1. The van der Waals surface area contributed by atoms with E-state index in [-0.39, 0.29) is 36.8 Å². The van der Waals surface area contributed by atoms with Gasteiger partial charge in [-0.3, -0.25) is 15.2 Å². The van der Waals surface area contributed by atoms with Crippen LogP contribution in [0.2, 0.25) is 0 Å². The van der Waals surface area contributed by atoms with Gasteiger partial charge in [-0.1, -0.05) is 51.5 Å². The number of carbonyl (C=O) groups excluding carboxylic acids is 2. The fourth-order valence-corrected chi connectivity index (χ4v) is 5.90. The Balaban J connectivity index is 1.79. The van der Waals surface area contributed by atoms with E-state index in [2.05, 4.69) is 17.6 Å². The molecule has 9 nitrogen and oxygen atoms in total. The van der Waals surface area contributed by atoms with Crippen LogP contribution in [0.15, 0.2) is 42.5 Å². The van der Waals surface area contributed by atoms with Crippen LogP contribution in [0.3, 0.4) is 0 Å². The van der Waals surface area contributed by atoms with E-state index in [1.165, 1.54) is 12.1 Å². The number of aliphatic hydroxyl groups is 2. The van der Waals surface area contributed by atoms with Gasteiger partial charge >= 0.3 is 6.03 Å². The molecule has 0 fully saturated rings. The van der Waals surface area contributed by atoms with E-state index in [0.29, 0.717) is 24.9 Å². The molecule has 2 amide bonds. The summed E-state index contributed by atoms with van der Waals surface area (Å²) >= 11 is 0. The summed E-state index contributed by atoms with van der Waals surface area (Å²) in [6.07, 6.45) is 5.97. The predicted octanol–water partition coefficient (Wildman–Crippen LogP) is 6.09. The van der Waals surface area contributed by atoms with Crippen molar-refractivity contribution in [2.24, 2.45) is 0 Å². The first kappa shape index (κ1) is 34.9. The second kappa shape index (κ2) is 16.0. The first-order valence-corrected chi connectivity index (χ1v) is 16.1. The van der Waals surface area contributed by atoms with E-state index in [4.69, 9.17) is 9.97 Å². The van der Waals surface area contributed by atoms with Crippen molar-refractivity contribution in [1.29, 1.82) is 0 Å². The lowest BCUT2D eigenvalue weighted by Crippen LogP contribution is -2.46. The molecular weight excluding hydrogens is 585 g/mol. The summed E-state index contributed by atoms with van der Waals surface area (Å²) in [5.74, 6) is 0.121. The number of fused-ring (bicyclic) bond motifs is 3. The molecule has 2 heterocycles. The van der Waals surface area contributed by atoms with Crippen molar-refractivity contribution >= 4 is 24.2 Å². The van der Waals surface area contributed by atoms with Crippen LogP contribution < -0.4 is 10.6 Å². The van der Waals surface area contributed by atoms with Gasteiger partial charge in [0.2, 0.25) is 0 Å².